The zero-order valence-electron chi connectivity index (χ0n) is 9.21. The van der Waals surface area contributed by atoms with Crippen molar-refractivity contribution in [3.05, 3.63) is 0 Å². The predicted molar refractivity (Wildman–Crippen MR) is 71.7 cm³/mol. The van der Waals surface area contributed by atoms with Gasteiger partial charge in [0.15, 0.2) is 0 Å². The number of unbranched alkanes of at least 4 members (excludes halogenated alkanes) is 3. The molecule has 1 aliphatic carbocycles. The second kappa shape index (κ2) is 8.96. The van der Waals surface area contributed by atoms with E-state index < -0.39 is 0 Å². The first-order chi connectivity index (χ1) is 6.93. The molecule has 84 valence electrons. The Labute approximate surface area is 99.0 Å². The van der Waals surface area contributed by atoms with E-state index in [1.807, 2.05) is 0 Å². The third-order valence-corrected chi connectivity index (χ3v) is 4.74. The van der Waals surface area contributed by atoms with Crippen molar-refractivity contribution < 1.29 is 0 Å². The average Bonchev–Trinajstić information content (AvgIpc) is 2.25. The molecular formula is C12H24S2. The zero-order valence-corrected chi connectivity index (χ0v) is 10.9. The Morgan fingerprint density at radius 3 is 2.36 bits per heavy atom. The zero-order chi connectivity index (χ0) is 10.1. The van der Waals surface area contributed by atoms with Crippen LogP contribution in [0, 0.1) is 0 Å². The molecule has 0 aliphatic heterocycles. The lowest BCUT2D eigenvalue weighted by molar-refractivity contribution is 0.515. The van der Waals surface area contributed by atoms with Gasteiger partial charge in [0.05, 0.1) is 0 Å². The van der Waals surface area contributed by atoms with Crippen LogP contribution in [0.4, 0.5) is 0 Å². The van der Waals surface area contributed by atoms with E-state index in [4.69, 9.17) is 0 Å². The Balaban J connectivity index is 1.82. The lowest BCUT2D eigenvalue weighted by atomic mass is 10.0. The van der Waals surface area contributed by atoms with Crippen molar-refractivity contribution in [2.24, 2.45) is 0 Å². The average molecular weight is 232 g/mol. The molecule has 1 rings (SSSR count). The van der Waals surface area contributed by atoms with Gasteiger partial charge in [-0.1, -0.05) is 32.1 Å². The van der Waals surface area contributed by atoms with Gasteiger partial charge in [0.1, 0.15) is 0 Å². The molecule has 1 fully saturated rings. The van der Waals surface area contributed by atoms with Crippen LogP contribution in [-0.4, -0.2) is 16.8 Å². The van der Waals surface area contributed by atoms with Crippen molar-refractivity contribution in [2.75, 3.05) is 11.5 Å². The fourth-order valence-corrected chi connectivity index (χ4v) is 3.64. The number of rotatable bonds is 7. The second-order valence-corrected chi connectivity index (χ2v) is 6.12. The van der Waals surface area contributed by atoms with E-state index in [1.54, 1.807) is 0 Å². The predicted octanol–water partition coefficient (Wildman–Crippen LogP) is 4.54. The summed E-state index contributed by atoms with van der Waals surface area (Å²) >= 11 is 6.46. The highest BCUT2D eigenvalue weighted by Crippen LogP contribution is 2.28. The Kier molecular flexibility index (Phi) is 8.18. The number of thioether (sulfide) groups is 1. The van der Waals surface area contributed by atoms with Crippen molar-refractivity contribution in [3.63, 3.8) is 0 Å². The number of thiol groups is 1. The summed E-state index contributed by atoms with van der Waals surface area (Å²) in [6.45, 7) is 0. The van der Waals surface area contributed by atoms with Crippen LogP contribution in [0.5, 0.6) is 0 Å². The van der Waals surface area contributed by atoms with Crippen LogP contribution in [0.3, 0.4) is 0 Å². The third-order valence-electron chi connectivity index (χ3n) is 2.96. The minimum absolute atomic E-state index is 1.01. The molecule has 1 saturated carbocycles. The Bertz CT molecular complexity index is 119. The summed E-state index contributed by atoms with van der Waals surface area (Å²) in [4.78, 5) is 0. The molecule has 0 aromatic carbocycles. The fraction of sp³-hybridized carbons (Fsp3) is 1.00. The van der Waals surface area contributed by atoms with Gasteiger partial charge >= 0.3 is 0 Å². The molecule has 0 atom stereocenters. The van der Waals surface area contributed by atoms with Crippen molar-refractivity contribution in [2.45, 2.75) is 63.0 Å². The smallest absolute Gasteiger partial charge is 0.00470 e. The van der Waals surface area contributed by atoms with Crippen LogP contribution < -0.4 is 0 Å². The standard InChI is InChI=1S/C12H24S2/c13-10-6-1-2-7-11-14-12-8-4-3-5-9-12/h12-13H,1-11H2. The molecule has 0 aromatic heterocycles. The normalized spacial score (nSPS) is 18.6. The summed E-state index contributed by atoms with van der Waals surface area (Å²) in [6.07, 6.45) is 13.0. The lowest BCUT2D eigenvalue weighted by Crippen LogP contribution is -2.08. The molecule has 0 saturated heterocycles. The molecule has 2 heteroatoms. The molecule has 0 N–H and O–H groups in total. The van der Waals surface area contributed by atoms with E-state index in [9.17, 15) is 0 Å². The van der Waals surface area contributed by atoms with Gasteiger partial charge in [0.2, 0.25) is 0 Å². The minimum Gasteiger partial charge on any atom is -0.179 e. The highest BCUT2D eigenvalue weighted by molar-refractivity contribution is 7.99. The molecule has 0 bridgehead atoms. The van der Waals surface area contributed by atoms with Gasteiger partial charge in [0.25, 0.3) is 0 Å². The monoisotopic (exact) mass is 232 g/mol. The van der Waals surface area contributed by atoms with Gasteiger partial charge in [0, 0.05) is 5.25 Å². The maximum atomic E-state index is 4.22. The third kappa shape index (κ3) is 6.23. The molecule has 0 aromatic rings. The van der Waals surface area contributed by atoms with Crippen LogP contribution >= 0.6 is 24.4 Å². The van der Waals surface area contributed by atoms with Crippen molar-refractivity contribution >= 4 is 24.4 Å². The Morgan fingerprint density at radius 2 is 1.64 bits per heavy atom. The van der Waals surface area contributed by atoms with Crippen LogP contribution in [0.25, 0.3) is 0 Å². The highest BCUT2D eigenvalue weighted by atomic mass is 32.2. The first kappa shape index (κ1) is 12.8. The molecule has 0 amide bonds. The SMILES string of the molecule is SCCCCCCSC1CCCCC1. The molecule has 0 spiro atoms. The number of hydrogen-bond donors (Lipinski definition) is 1. The molecule has 0 nitrogen and oxygen atoms in total. The Hall–Kier alpha value is 0.700. The molecule has 0 radical (unpaired) electrons. The maximum absolute atomic E-state index is 4.22. The molecule has 14 heavy (non-hydrogen) atoms. The van der Waals surface area contributed by atoms with Crippen LogP contribution in [0.15, 0.2) is 0 Å². The van der Waals surface area contributed by atoms with E-state index in [-0.39, 0.29) is 0 Å². The first-order valence-corrected chi connectivity index (χ1v) is 7.84. The summed E-state index contributed by atoms with van der Waals surface area (Å²) < 4.78 is 0. The fourth-order valence-electron chi connectivity index (χ4n) is 2.05. The van der Waals surface area contributed by atoms with E-state index in [0.717, 1.165) is 11.0 Å². The molecule has 0 heterocycles. The topological polar surface area (TPSA) is 0 Å². The van der Waals surface area contributed by atoms with Crippen molar-refractivity contribution in [3.8, 4) is 0 Å². The maximum Gasteiger partial charge on any atom is 0.00470 e. The van der Waals surface area contributed by atoms with E-state index >= 15 is 0 Å². The quantitative estimate of drug-likeness (QED) is 0.496. The molecule has 1 aliphatic rings. The Morgan fingerprint density at radius 1 is 0.929 bits per heavy atom. The summed E-state index contributed by atoms with van der Waals surface area (Å²) in [5.74, 6) is 2.47. The van der Waals surface area contributed by atoms with Gasteiger partial charge in [-0.2, -0.15) is 24.4 Å². The van der Waals surface area contributed by atoms with E-state index in [1.165, 1.54) is 63.5 Å². The van der Waals surface area contributed by atoms with E-state index in [2.05, 4.69) is 24.4 Å². The van der Waals surface area contributed by atoms with Crippen LogP contribution in [0.2, 0.25) is 0 Å². The summed E-state index contributed by atoms with van der Waals surface area (Å²) in [7, 11) is 0. The van der Waals surface area contributed by atoms with Gasteiger partial charge < -0.3 is 0 Å². The van der Waals surface area contributed by atoms with Gasteiger partial charge in [-0.15, -0.1) is 0 Å². The van der Waals surface area contributed by atoms with Crippen molar-refractivity contribution in [1.29, 1.82) is 0 Å². The van der Waals surface area contributed by atoms with Crippen LogP contribution in [-0.2, 0) is 0 Å². The van der Waals surface area contributed by atoms with Gasteiger partial charge in [-0.05, 0) is 37.2 Å². The molecule has 0 unspecified atom stereocenters. The van der Waals surface area contributed by atoms with Crippen molar-refractivity contribution in [1.82, 2.24) is 0 Å². The van der Waals surface area contributed by atoms with Gasteiger partial charge in [-0.3, -0.25) is 0 Å². The highest BCUT2D eigenvalue weighted by Gasteiger charge is 2.12. The van der Waals surface area contributed by atoms with Gasteiger partial charge in [-0.25, -0.2) is 0 Å². The van der Waals surface area contributed by atoms with Crippen LogP contribution in [0.1, 0.15) is 57.8 Å². The van der Waals surface area contributed by atoms with E-state index in [0.29, 0.717) is 0 Å². The largest absolute Gasteiger partial charge is 0.179 e. The summed E-state index contributed by atoms with van der Waals surface area (Å²) in [5.41, 5.74) is 0. The first-order valence-electron chi connectivity index (χ1n) is 6.16. The second-order valence-electron chi connectivity index (χ2n) is 4.27. The summed E-state index contributed by atoms with van der Waals surface area (Å²) in [5, 5.41) is 1.01. The number of hydrogen-bond acceptors (Lipinski definition) is 2. The molecular weight excluding hydrogens is 208 g/mol. The lowest BCUT2D eigenvalue weighted by Gasteiger charge is -2.20. The summed E-state index contributed by atoms with van der Waals surface area (Å²) in [6, 6.07) is 0. The minimum atomic E-state index is 1.01.